The van der Waals surface area contributed by atoms with Crippen LogP contribution in [0, 0.1) is 17.1 Å². The molecule has 4 nitrogen and oxygen atoms in total. The monoisotopic (exact) mass is 293 g/mol. The fraction of sp³-hybridized carbons (Fsp3) is 0.0588. The predicted octanol–water partition coefficient (Wildman–Crippen LogP) is 3.65. The van der Waals surface area contributed by atoms with Crippen molar-refractivity contribution in [2.45, 2.75) is 0 Å². The van der Waals surface area contributed by atoms with Crippen LogP contribution in [0.2, 0.25) is 0 Å². The van der Waals surface area contributed by atoms with Gasteiger partial charge in [-0.05, 0) is 36.4 Å². The molecule has 0 amide bonds. The van der Waals surface area contributed by atoms with Gasteiger partial charge in [-0.25, -0.2) is 9.07 Å². The van der Waals surface area contributed by atoms with Crippen molar-refractivity contribution in [2.75, 3.05) is 7.11 Å². The van der Waals surface area contributed by atoms with Crippen LogP contribution in [0.1, 0.15) is 11.1 Å². The Morgan fingerprint density at radius 2 is 2.05 bits per heavy atom. The molecule has 0 radical (unpaired) electrons. The number of halogens is 1. The first-order valence-electron chi connectivity index (χ1n) is 6.55. The molecule has 0 spiro atoms. The van der Waals surface area contributed by atoms with Crippen LogP contribution in [-0.4, -0.2) is 16.9 Å². The van der Waals surface area contributed by atoms with E-state index in [9.17, 15) is 9.65 Å². The lowest BCUT2D eigenvalue weighted by atomic mass is 10.1. The molecule has 5 heteroatoms. The average molecular weight is 293 g/mol. The predicted molar refractivity (Wildman–Crippen MR) is 81.8 cm³/mol. The summed E-state index contributed by atoms with van der Waals surface area (Å²) < 4.78 is 19.9. The summed E-state index contributed by atoms with van der Waals surface area (Å²) in [6, 6.07) is 11.6. The second kappa shape index (κ2) is 5.34. The number of methoxy groups -OCH3 is 1. The lowest BCUT2D eigenvalue weighted by Gasteiger charge is -2.08. The van der Waals surface area contributed by atoms with E-state index in [2.05, 4.69) is 17.7 Å². The second-order valence-electron chi connectivity index (χ2n) is 4.73. The zero-order valence-corrected chi connectivity index (χ0v) is 11.9. The Morgan fingerprint density at radius 3 is 2.68 bits per heavy atom. The van der Waals surface area contributed by atoms with Gasteiger partial charge in [-0.3, -0.25) is 0 Å². The minimum Gasteiger partial charge on any atom is -0.497 e. The number of aromatic nitrogens is 2. The highest BCUT2D eigenvalue weighted by Crippen LogP contribution is 2.28. The first kappa shape index (κ1) is 13.8. The Kier molecular flexibility index (Phi) is 3.36. The van der Waals surface area contributed by atoms with Gasteiger partial charge in [0.05, 0.1) is 36.1 Å². The van der Waals surface area contributed by atoms with Crippen molar-refractivity contribution in [3.63, 3.8) is 0 Å². The minimum absolute atomic E-state index is 0.314. The average Bonchev–Trinajstić information content (AvgIpc) is 2.97. The van der Waals surface area contributed by atoms with Crippen molar-refractivity contribution in [3.8, 4) is 11.8 Å². The van der Waals surface area contributed by atoms with E-state index in [0.717, 1.165) is 10.9 Å². The van der Waals surface area contributed by atoms with Crippen molar-refractivity contribution in [2.24, 2.45) is 0 Å². The van der Waals surface area contributed by atoms with Crippen LogP contribution in [0.4, 0.5) is 4.39 Å². The van der Waals surface area contributed by atoms with Crippen LogP contribution >= 0.6 is 0 Å². The first-order chi connectivity index (χ1) is 10.6. The maximum atomic E-state index is 13.1. The molecule has 0 unspecified atom stereocenters. The third-order valence-corrected chi connectivity index (χ3v) is 3.44. The van der Waals surface area contributed by atoms with E-state index in [4.69, 9.17) is 4.74 Å². The number of hydrogen-bond acceptors (Lipinski definition) is 3. The van der Waals surface area contributed by atoms with Crippen LogP contribution in [0.15, 0.2) is 49.2 Å². The number of fused-ring (bicyclic) bond motifs is 1. The highest BCUT2D eigenvalue weighted by Gasteiger charge is 2.13. The third-order valence-electron chi connectivity index (χ3n) is 3.44. The molecule has 1 heterocycles. The summed E-state index contributed by atoms with van der Waals surface area (Å²) in [5.41, 5.74) is 2.63. The molecule has 1 aromatic heterocycles. The lowest BCUT2D eigenvalue weighted by molar-refractivity contribution is 0.372. The SMILES string of the molecule is C=C(OC)c1cc(C#N)cc2c1cnn2-c1ccc(F)cc1. The largest absolute Gasteiger partial charge is 0.497 e. The molecule has 3 aromatic rings. The second-order valence-corrected chi connectivity index (χ2v) is 4.73. The molecular weight excluding hydrogens is 281 g/mol. The quantitative estimate of drug-likeness (QED) is 0.692. The highest BCUT2D eigenvalue weighted by atomic mass is 19.1. The van der Waals surface area contributed by atoms with Gasteiger partial charge < -0.3 is 4.74 Å². The standard InChI is InChI=1S/C17H12FN3O/c1-11(22-2)15-7-12(9-19)8-17-16(15)10-20-21(17)14-5-3-13(18)4-6-14/h3-8,10H,1H2,2H3. The van der Waals surface area contributed by atoms with E-state index in [0.29, 0.717) is 22.6 Å². The fourth-order valence-electron chi connectivity index (χ4n) is 2.32. The topological polar surface area (TPSA) is 50.8 Å². The van der Waals surface area contributed by atoms with Crippen LogP contribution in [0.5, 0.6) is 0 Å². The zero-order valence-electron chi connectivity index (χ0n) is 11.9. The molecule has 3 rings (SSSR count). The van der Waals surface area contributed by atoms with Gasteiger partial charge in [-0.2, -0.15) is 10.4 Å². The van der Waals surface area contributed by atoms with E-state index < -0.39 is 0 Å². The number of hydrogen-bond donors (Lipinski definition) is 0. The third kappa shape index (κ3) is 2.21. The van der Waals surface area contributed by atoms with E-state index in [1.54, 1.807) is 35.1 Å². The Morgan fingerprint density at radius 1 is 1.32 bits per heavy atom. The van der Waals surface area contributed by atoms with Gasteiger partial charge in [0, 0.05) is 10.9 Å². The Hall–Kier alpha value is -3.13. The summed E-state index contributed by atoms with van der Waals surface area (Å²) in [6.07, 6.45) is 1.68. The van der Waals surface area contributed by atoms with Crippen molar-refractivity contribution in [3.05, 3.63) is 66.1 Å². The molecule has 2 aromatic carbocycles. The molecule has 0 saturated carbocycles. The molecule has 22 heavy (non-hydrogen) atoms. The molecule has 0 aliphatic carbocycles. The normalized spacial score (nSPS) is 10.4. The van der Waals surface area contributed by atoms with E-state index >= 15 is 0 Å². The van der Waals surface area contributed by atoms with Crippen LogP contribution < -0.4 is 0 Å². The molecule has 0 atom stereocenters. The smallest absolute Gasteiger partial charge is 0.123 e. The van der Waals surface area contributed by atoms with Gasteiger partial charge in [0.2, 0.25) is 0 Å². The van der Waals surface area contributed by atoms with Crippen molar-refractivity contribution in [1.29, 1.82) is 5.26 Å². The minimum atomic E-state index is -0.314. The van der Waals surface area contributed by atoms with E-state index in [1.807, 2.05) is 0 Å². The summed E-state index contributed by atoms with van der Waals surface area (Å²) >= 11 is 0. The number of benzene rings is 2. The summed E-state index contributed by atoms with van der Waals surface area (Å²) in [7, 11) is 1.53. The fourth-order valence-corrected chi connectivity index (χ4v) is 2.32. The number of nitriles is 1. The summed E-state index contributed by atoms with van der Waals surface area (Å²) in [5.74, 6) is 0.145. The Balaban J connectivity index is 2.28. The Labute approximate surface area is 126 Å². The molecule has 108 valence electrons. The van der Waals surface area contributed by atoms with Crippen molar-refractivity contribution in [1.82, 2.24) is 9.78 Å². The first-order valence-corrected chi connectivity index (χ1v) is 6.55. The summed E-state index contributed by atoms with van der Waals surface area (Å²) in [4.78, 5) is 0. The maximum Gasteiger partial charge on any atom is 0.123 e. The van der Waals surface area contributed by atoms with E-state index in [-0.39, 0.29) is 5.82 Å². The number of ether oxygens (including phenoxy) is 1. The van der Waals surface area contributed by atoms with Crippen molar-refractivity contribution < 1.29 is 9.13 Å². The summed E-state index contributed by atoms with van der Waals surface area (Å²) in [5, 5.41) is 14.4. The molecule has 0 saturated heterocycles. The maximum absolute atomic E-state index is 13.1. The molecule has 0 fully saturated rings. The Bertz CT molecular complexity index is 904. The van der Waals surface area contributed by atoms with Crippen LogP contribution in [-0.2, 0) is 4.74 Å². The summed E-state index contributed by atoms with van der Waals surface area (Å²) in [6.45, 7) is 3.84. The molecule has 0 aliphatic heterocycles. The number of nitrogens with zero attached hydrogens (tertiary/aromatic N) is 3. The molecule has 0 bridgehead atoms. The lowest BCUT2D eigenvalue weighted by Crippen LogP contribution is -1.97. The molecule has 0 N–H and O–H groups in total. The van der Waals surface area contributed by atoms with E-state index in [1.165, 1.54) is 19.2 Å². The van der Waals surface area contributed by atoms with Gasteiger partial charge in [-0.15, -0.1) is 0 Å². The van der Waals surface area contributed by atoms with Gasteiger partial charge in [0.25, 0.3) is 0 Å². The zero-order chi connectivity index (χ0) is 15.7. The van der Waals surface area contributed by atoms with Crippen LogP contribution in [0.25, 0.3) is 22.3 Å². The van der Waals surface area contributed by atoms with Crippen LogP contribution in [0.3, 0.4) is 0 Å². The van der Waals surface area contributed by atoms with Gasteiger partial charge >= 0.3 is 0 Å². The van der Waals surface area contributed by atoms with Gasteiger partial charge in [0.15, 0.2) is 0 Å². The van der Waals surface area contributed by atoms with Gasteiger partial charge in [-0.1, -0.05) is 6.58 Å². The highest BCUT2D eigenvalue weighted by molar-refractivity contribution is 5.92. The number of rotatable bonds is 3. The molecule has 0 aliphatic rings. The van der Waals surface area contributed by atoms with Gasteiger partial charge in [0.1, 0.15) is 11.6 Å². The molecular formula is C17H12FN3O. The van der Waals surface area contributed by atoms with Crippen molar-refractivity contribution >= 4 is 16.7 Å².